The fourth-order valence-electron chi connectivity index (χ4n) is 8.99. The van der Waals surface area contributed by atoms with Crippen molar-refractivity contribution in [2.24, 2.45) is 0 Å². The minimum absolute atomic E-state index is 1.10. The molecule has 0 aliphatic heterocycles. The van der Waals surface area contributed by atoms with Crippen LogP contribution in [0.2, 0.25) is 0 Å². The maximum atomic E-state index is 2.47. The first-order valence-corrected chi connectivity index (χ1v) is 19.7. The zero-order valence-corrected chi connectivity index (χ0v) is 31.3. The first kappa shape index (κ1) is 32.9. The lowest BCUT2D eigenvalue weighted by atomic mass is 9.88. The third-order valence-corrected chi connectivity index (χ3v) is 11.6. The van der Waals surface area contributed by atoms with Gasteiger partial charge in [0.15, 0.2) is 0 Å². The molecule has 11 rings (SSSR count). The van der Waals surface area contributed by atoms with Gasteiger partial charge in [0.1, 0.15) is 0 Å². The number of nitrogens with zero attached hydrogens (tertiary/aromatic N) is 1. The molecule has 0 atom stereocenters. The van der Waals surface area contributed by atoms with Gasteiger partial charge in [-0.1, -0.05) is 194 Å². The average molecular weight is 724 g/mol. The highest BCUT2D eigenvalue weighted by molar-refractivity contribution is 6.30. The van der Waals surface area contributed by atoms with Gasteiger partial charge in [0, 0.05) is 16.6 Å². The summed E-state index contributed by atoms with van der Waals surface area (Å²) in [5.41, 5.74) is 10.6. The number of anilines is 3. The second-order valence-electron chi connectivity index (χ2n) is 14.8. The molecule has 0 amide bonds. The van der Waals surface area contributed by atoms with Crippen molar-refractivity contribution in [1.82, 2.24) is 0 Å². The molecule has 57 heavy (non-hydrogen) atoms. The van der Waals surface area contributed by atoms with E-state index in [1.54, 1.807) is 0 Å². The summed E-state index contributed by atoms with van der Waals surface area (Å²) in [4.78, 5) is 2.47. The van der Waals surface area contributed by atoms with E-state index >= 15 is 0 Å². The highest BCUT2D eigenvalue weighted by Gasteiger charge is 2.22. The SMILES string of the molecule is c1ccc(-c2ccc(N(c3ccccc3-c3cc4ccccc4c4c3ccc3ccc5ccccc5c34)c3ccc(-c4ccccc4)c4ccccc34)cc2)cc1. The van der Waals surface area contributed by atoms with Gasteiger partial charge in [-0.25, -0.2) is 0 Å². The summed E-state index contributed by atoms with van der Waals surface area (Å²) in [5.74, 6) is 0. The Labute approximate surface area is 332 Å². The summed E-state index contributed by atoms with van der Waals surface area (Å²) in [7, 11) is 0. The topological polar surface area (TPSA) is 3.24 Å². The largest absolute Gasteiger partial charge is 0.309 e. The summed E-state index contributed by atoms with van der Waals surface area (Å²) in [6.45, 7) is 0. The van der Waals surface area contributed by atoms with Gasteiger partial charge < -0.3 is 4.90 Å². The van der Waals surface area contributed by atoms with Crippen LogP contribution in [-0.4, -0.2) is 0 Å². The Morgan fingerprint density at radius 3 is 1.58 bits per heavy atom. The van der Waals surface area contributed by atoms with E-state index in [0.29, 0.717) is 0 Å². The van der Waals surface area contributed by atoms with E-state index in [1.165, 1.54) is 87.2 Å². The molecule has 0 spiro atoms. The van der Waals surface area contributed by atoms with Crippen LogP contribution in [0.1, 0.15) is 0 Å². The third-order valence-electron chi connectivity index (χ3n) is 11.6. The average Bonchev–Trinajstić information content (AvgIpc) is 3.29. The Kier molecular flexibility index (Phi) is 7.89. The van der Waals surface area contributed by atoms with Crippen molar-refractivity contribution in [3.05, 3.63) is 224 Å². The number of para-hydroxylation sites is 1. The van der Waals surface area contributed by atoms with E-state index in [-0.39, 0.29) is 0 Å². The maximum absolute atomic E-state index is 2.47. The van der Waals surface area contributed by atoms with Gasteiger partial charge in [0.05, 0.1) is 11.4 Å². The Bertz CT molecular complexity index is 3270. The minimum Gasteiger partial charge on any atom is -0.309 e. The van der Waals surface area contributed by atoms with Crippen molar-refractivity contribution < 1.29 is 0 Å². The third kappa shape index (κ3) is 5.55. The second-order valence-corrected chi connectivity index (χ2v) is 14.8. The lowest BCUT2D eigenvalue weighted by molar-refractivity contribution is 1.30. The number of rotatable bonds is 6. The highest BCUT2D eigenvalue weighted by atomic mass is 15.1. The van der Waals surface area contributed by atoms with Crippen LogP contribution in [0.3, 0.4) is 0 Å². The molecule has 0 aliphatic carbocycles. The Balaban J connectivity index is 1.20. The number of fused-ring (bicyclic) bond motifs is 8. The van der Waals surface area contributed by atoms with Gasteiger partial charge in [-0.3, -0.25) is 0 Å². The van der Waals surface area contributed by atoms with Crippen molar-refractivity contribution in [2.75, 3.05) is 4.90 Å². The molecule has 0 aliphatic rings. The Hall–Kier alpha value is -7.48. The standard InChI is InChI=1S/C56H37N/c1-3-15-38(16-4-1)39-29-32-44(33-30-39)57(54-36-35-45(40-17-5-2-6-18-40)48-23-11-12-24-49(48)54)53-26-14-13-25-50(53)52-37-43-20-8-10-22-47(43)56-51(52)34-31-42-28-27-41-19-7-9-21-46(41)55(42)56/h1-37H. The van der Waals surface area contributed by atoms with Crippen molar-refractivity contribution in [3.63, 3.8) is 0 Å². The molecule has 0 fully saturated rings. The molecule has 1 nitrogen and oxygen atoms in total. The highest BCUT2D eigenvalue weighted by Crippen LogP contribution is 2.48. The smallest absolute Gasteiger partial charge is 0.0540 e. The first-order valence-electron chi connectivity index (χ1n) is 19.7. The van der Waals surface area contributed by atoms with Crippen molar-refractivity contribution in [1.29, 1.82) is 0 Å². The van der Waals surface area contributed by atoms with Crippen LogP contribution >= 0.6 is 0 Å². The predicted octanol–water partition coefficient (Wildman–Crippen LogP) is 15.9. The molecule has 266 valence electrons. The minimum atomic E-state index is 1.10. The van der Waals surface area contributed by atoms with E-state index in [4.69, 9.17) is 0 Å². The van der Waals surface area contributed by atoms with Gasteiger partial charge in [-0.05, 0) is 107 Å². The summed E-state index contributed by atoms with van der Waals surface area (Å²) in [6, 6.07) is 82.1. The van der Waals surface area contributed by atoms with Gasteiger partial charge in [0.25, 0.3) is 0 Å². The van der Waals surface area contributed by atoms with E-state index in [9.17, 15) is 0 Å². The molecule has 0 radical (unpaired) electrons. The van der Waals surface area contributed by atoms with E-state index in [1.807, 2.05) is 0 Å². The quantitative estimate of drug-likeness (QED) is 0.154. The molecule has 0 saturated carbocycles. The van der Waals surface area contributed by atoms with Crippen LogP contribution < -0.4 is 4.90 Å². The van der Waals surface area contributed by atoms with Crippen LogP contribution in [0, 0.1) is 0 Å². The molecule has 0 saturated heterocycles. The molecule has 0 heterocycles. The number of hydrogen-bond donors (Lipinski definition) is 0. The fraction of sp³-hybridized carbons (Fsp3) is 0. The van der Waals surface area contributed by atoms with Gasteiger partial charge in [-0.2, -0.15) is 0 Å². The van der Waals surface area contributed by atoms with Gasteiger partial charge in [-0.15, -0.1) is 0 Å². The predicted molar refractivity (Wildman–Crippen MR) is 245 cm³/mol. The zero-order valence-electron chi connectivity index (χ0n) is 31.3. The van der Waals surface area contributed by atoms with Crippen molar-refractivity contribution >= 4 is 70.9 Å². The van der Waals surface area contributed by atoms with Crippen LogP contribution in [0.4, 0.5) is 17.1 Å². The Morgan fingerprint density at radius 2 is 0.807 bits per heavy atom. The van der Waals surface area contributed by atoms with E-state index in [0.717, 1.165) is 17.1 Å². The van der Waals surface area contributed by atoms with Crippen LogP contribution in [0.25, 0.3) is 87.2 Å². The first-order chi connectivity index (χ1) is 28.3. The van der Waals surface area contributed by atoms with Gasteiger partial charge >= 0.3 is 0 Å². The summed E-state index contributed by atoms with van der Waals surface area (Å²) >= 11 is 0. The molecule has 0 unspecified atom stereocenters. The normalized spacial score (nSPS) is 11.5. The summed E-state index contributed by atoms with van der Waals surface area (Å²) in [6.07, 6.45) is 0. The maximum Gasteiger partial charge on any atom is 0.0540 e. The number of hydrogen-bond acceptors (Lipinski definition) is 1. The van der Waals surface area contributed by atoms with Crippen LogP contribution in [-0.2, 0) is 0 Å². The van der Waals surface area contributed by atoms with Crippen molar-refractivity contribution in [2.45, 2.75) is 0 Å². The fourth-order valence-corrected chi connectivity index (χ4v) is 8.99. The molecule has 11 aromatic rings. The molecule has 0 aromatic heterocycles. The lowest BCUT2D eigenvalue weighted by Crippen LogP contribution is -2.12. The molecule has 1 heteroatoms. The second kappa shape index (κ2) is 13.7. The molecular formula is C56H37N. The Morgan fingerprint density at radius 1 is 0.246 bits per heavy atom. The molecule has 0 bridgehead atoms. The van der Waals surface area contributed by atoms with Gasteiger partial charge in [0.2, 0.25) is 0 Å². The summed E-state index contributed by atoms with van der Waals surface area (Å²) < 4.78 is 0. The monoisotopic (exact) mass is 723 g/mol. The molecule has 11 aromatic carbocycles. The van der Waals surface area contributed by atoms with Crippen LogP contribution in [0.5, 0.6) is 0 Å². The summed E-state index contributed by atoms with van der Waals surface area (Å²) in [5, 5.41) is 12.5. The van der Waals surface area contributed by atoms with E-state index < -0.39 is 0 Å². The van der Waals surface area contributed by atoms with Crippen LogP contribution in [0.15, 0.2) is 224 Å². The zero-order chi connectivity index (χ0) is 37.7. The molecule has 0 N–H and O–H groups in total. The lowest BCUT2D eigenvalue weighted by Gasteiger charge is -2.30. The molecular weight excluding hydrogens is 687 g/mol. The van der Waals surface area contributed by atoms with Crippen molar-refractivity contribution in [3.8, 4) is 33.4 Å². The van der Waals surface area contributed by atoms with E-state index in [2.05, 4.69) is 229 Å². The number of benzene rings is 11.